The summed E-state index contributed by atoms with van der Waals surface area (Å²) in [5.41, 5.74) is 2.76. The van der Waals surface area contributed by atoms with Crippen LogP contribution in [0.3, 0.4) is 0 Å². The van der Waals surface area contributed by atoms with Crippen LogP contribution >= 0.6 is 0 Å². The highest BCUT2D eigenvalue weighted by Crippen LogP contribution is 2.27. The monoisotopic (exact) mass is 573 g/mol. The molecule has 9 heteroatoms. The second-order valence-electron chi connectivity index (χ2n) is 12.4. The molecule has 9 nitrogen and oxygen atoms in total. The van der Waals surface area contributed by atoms with E-state index in [9.17, 15) is 9.59 Å². The molecule has 1 aromatic heterocycles. The topological polar surface area (TPSA) is 106 Å². The van der Waals surface area contributed by atoms with E-state index in [-0.39, 0.29) is 18.0 Å². The lowest BCUT2D eigenvalue weighted by atomic mass is 9.87. The number of nitrogens with zero attached hydrogens (tertiary/aromatic N) is 5. The Kier molecular flexibility index (Phi) is 10.9. The molecule has 2 heterocycles. The van der Waals surface area contributed by atoms with Crippen molar-refractivity contribution >= 4 is 11.9 Å². The van der Waals surface area contributed by atoms with Crippen molar-refractivity contribution in [3.63, 3.8) is 0 Å². The number of amides is 3. The van der Waals surface area contributed by atoms with Crippen molar-refractivity contribution in [1.29, 1.82) is 5.26 Å². The van der Waals surface area contributed by atoms with Gasteiger partial charge in [-0.2, -0.15) is 5.26 Å². The maximum Gasteiger partial charge on any atom is 0.318 e. The van der Waals surface area contributed by atoms with Crippen LogP contribution in [0.2, 0.25) is 0 Å². The van der Waals surface area contributed by atoms with Gasteiger partial charge in [-0.05, 0) is 49.4 Å². The van der Waals surface area contributed by atoms with E-state index in [0.29, 0.717) is 38.2 Å². The first-order valence-electron chi connectivity index (χ1n) is 16.1. The molecular formula is C33H47N7O2. The number of hydrogen-bond donors (Lipinski definition) is 2. The number of nitriles is 1. The predicted octanol–water partition coefficient (Wildman–Crippen LogP) is 4.46. The van der Waals surface area contributed by atoms with Gasteiger partial charge in [0.25, 0.3) is 0 Å². The molecule has 3 fully saturated rings. The zero-order valence-corrected chi connectivity index (χ0v) is 25.0. The maximum absolute atomic E-state index is 13.6. The number of piperazine rings is 1. The number of nitrogens with one attached hydrogen (secondary N) is 2. The van der Waals surface area contributed by atoms with E-state index in [1.54, 1.807) is 11.2 Å². The van der Waals surface area contributed by atoms with Gasteiger partial charge in [-0.25, -0.2) is 9.78 Å². The Hall–Kier alpha value is -3.38. The fourth-order valence-corrected chi connectivity index (χ4v) is 6.87. The molecule has 226 valence electrons. The fraction of sp³-hybridized carbons (Fsp3) is 0.636. The summed E-state index contributed by atoms with van der Waals surface area (Å²) in [5.74, 6) is 0.724. The third-order valence-corrected chi connectivity index (χ3v) is 9.45. The van der Waals surface area contributed by atoms with Crippen LogP contribution in [0.15, 0.2) is 36.8 Å². The van der Waals surface area contributed by atoms with E-state index < -0.39 is 6.04 Å². The van der Waals surface area contributed by atoms with Crippen LogP contribution in [0.5, 0.6) is 0 Å². The Balaban J connectivity index is 1.17. The first-order chi connectivity index (χ1) is 20.6. The van der Waals surface area contributed by atoms with E-state index in [4.69, 9.17) is 5.26 Å². The lowest BCUT2D eigenvalue weighted by Crippen LogP contribution is -2.63. The molecule has 0 radical (unpaired) electrons. The van der Waals surface area contributed by atoms with Crippen molar-refractivity contribution in [2.24, 2.45) is 5.92 Å². The largest absolute Gasteiger partial charge is 0.354 e. The van der Waals surface area contributed by atoms with E-state index in [1.807, 2.05) is 30.5 Å². The molecule has 2 saturated carbocycles. The molecule has 42 heavy (non-hydrogen) atoms. The summed E-state index contributed by atoms with van der Waals surface area (Å²) in [4.78, 5) is 35.5. The number of imidazole rings is 1. The van der Waals surface area contributed by atoms with Gasteiger partial charge in [-0.1, -0.05) is 63.5 Å². The molecule has 5 rings (SSSR count). The van der Waals surface area contributed by atoms with Crippen molar-refractivity contribution < 1.29 is 9.59 Å². The van der Waals surface area contributed by atoms with Gasteiger partial charge in [0.2, 0.25) is 5.91 Å². The van der Waals surface area contributed by atoms with Gasteiger partial charge in [-0.3, -0.25) is 9.69 Å². The third-order valence-electron chi connectivity index (χ3n) is 9.45. The Morgan fingerprint density at radius 2 is 1.71 bits per heavy atom. The molecule has 2 aliphatic carbocycles. The minimum absolute atomic E-state index is 0.0747. The minimum Gasteiger partial charge on any atom is -0.354 e. The number of benzene rings is 1. The third kappa shape index (κ3) is 8.34. The Morgan fingerprint density at radius 3 is 2.45 bits per heavy atom. The molecule has 3 amide bonds. The summed E-state index contributed by atoms with van der Waals surface area (Å²) >= 11 is 0. The number of aromatic nitrogens is 2. The molecule has 2 aromatic rings. The van der Waals surface area contributed by atoms with Crippen molar-refractivity contribution in [3.05, 3.63) is 53.6 Å². The molecule has 1 atom stereocenters. The molecule has 1 unspecified atom stereocenters. The van der Waals surface area contributed by atoms with E-state index in [0.717, 1.165) is 55.9 Å². The highest BCUT2D eigenvalue weighted by Gasteiger charge is 2.36. The average molecular weight is 574 g/mol. The molecule has 0 bridgehead atoms. The molecule has 0 spiro atoms. The van der Waals surface area contributed by atoms with Gasteiger partial charge in [-0.15, -0.1) is 0 Å². The van der Waals surface area contributed by atoms with Gasteiger partial charge in [0.15, 0.2) is 0 Å². The van der Waals surface area contributed by atoms with Crippen molar-refractivity contribution in [1.82, 2.24) is 30.0 Å². The van der Waals surface area contributed by atoms with E-state index in [1.165, 1.54) is 44.9 Å². The second-order valence-corrected chi connectivity index (χ2v) is 12.4. The average Bonchev–Trinajstić information content (AvgIpc) is 3.47. The maximum atomic E-state index is 13.6. The van der Waals surface area contributed by atoms with Gasteiger partial charge < -0.3 is 20.1 Å². The zero-order valence-electron chi connectivity index (χ0n) is 25.0. The minimum atomic E-state index is -0.489. The van der Waals surface area contributed by atoms with E-state index >= 15 is 0 Å². The van der Waals surface area contributed by atoms with Crippen LogP contribution in [0, 0.1) is 17.2 Å². The first kappa shape index (κ1) is 30.1. The number of carbonyl (C=O) groups excluding carboxylic acids is 2. The Morgan fingerprint density at radius 1 is 0.976 bits per heavy atom. The van der Waals surface area contributed by atoms with Gasteiger partial charge in [0, 0.05) is 57.1 Å². The zero-order chi connectivity index (χ0) is 29.1. The van der Waals surface area contributed by atoms with Gasteiger partial charge in [0.1, 0.15) is 6.04 Å². The number of hydrogen-bond acceptors (Lipinski definition) is 5. The summed E-state index contributed by atoms with van der Waals surface area (Å²) in [6.07, 6.45) is 17.8. The van der Waals surface area contributed by atoms with Crippen LogP contribution in [0.4, 0.5) is 4.79 Å². The van der Waals surface area contributed by atoms with Crippen LogP contribution in [0.1, 0.15) is 87.4 Å². The highest BCUT2D eigenvalue weighted by molar-refractivity contribution is 5.87. The fourth-order valence-electron chi connectivity index (χ4n) is 6.87. The van der Waals surface area contributed by atoms with Crippen LogP contribution in [-0.2, 0) is 17.8 Å². The van der Waals surface area contributed by atoms with Gasteiger partial charge >= 0.3 is 6.03 Å². The standard InChI is InChI=1S/C33H47N7O2/c34-21-27-11-13-28(14-12-27)23-39-25-35-22-30(39)15-17-36-32(41)31-24-38(18-16-26-7-3-1-4-8-26)19-20-40(31)33(42)37-29-9-5-2-6-10-29/h11-14,22,25-26,29,31H,1-10,15-20,23-24H2,(H,36,41)(H,37,42). The van der Waals surface area contributed by atoms with Crippen LogP contribution in [0.25, 0.3) is 0 Å². The Bertz CT molecular complexity index is 1190. The number of rotatable bonds is 10. The highest BCUT2D eigenvalue weighted by atomic mass is 16.2. The second kappa shape index (κ2) is 15.2. The molecule has 1 aliphatic heterocycles. The van der Waals surface area contributed by atoms with Crippen molar-refractivity contribution in [2.75, 3.05) is 32.7 Å². The predicted molar refractivity (Wildman–Crippen MR) is 163 cm³/mol. The molecule has 1 aromatic carbocycles. The smallest absolute Gasteiger partial charge is 0.318 e. The lowest BCUT2D eigenvalue weighted by Gasteiger charge is -2.41. The molecule has 3 aliphatic rings. The first-order valence-corrected chi connectivity index (χ1v) is 16.1. The molecule has 1 saturated heterocycles. The summed E-state index contributed by atoms with van der Waals surface area (Å²) in [5, 5.41) is 15.4. The number of carbonyl (C=O) groups is 2. The van der Waals surface area contributed by atoms with Crippen molar-refractivity contribution in [3.8, 4) is 6.07 Å². The Labute approximate surface area is 250 Å². The van der Waals surface area contributed by atoms with Crippen molar-refractivity contribution in [2.45, 2.75) is 95.7 Å². The summed E-state index contributed by atoms with van der Waals surface area (Å²) in [6.45, 7) is 4.13. The normalized spacial score (nSPS) is 20.6. The lowest BCUT2D eigenvalue weighted by molar-refractivity contribution is -0.127. The van der Waals surface area contributed by atoms with E-state index in [2.05, 4.69) is 31.2 Å². The summed E-state index contributed by atoms with van der Waals surface area (Å²) < 4.78 is 2.07. The number of urea groups is 1. The summed E-state index contributed by atoms with van der Waals surface area (Å²) in [6, 6.07) is 9.36. The molecular weight excluding hydrogens is 526 g/mol. The SMILES string of the molecule is N#Cc1ccc(Cn2cncc2CCNC(=O)C2CN(CCC3CCCCC3)CCN2C(=O)NC2CCCCC2)cc1. The summed E-state index contributed by atoms with van der Waals surface area (Å²) in [7, 11) is 0. The van der Waals surface area contributed by atoms with Crippen LogP contribution < -0.4 is 10.6 Å². The van der Waals surface area contributed by atoms with Crippen LogP contribution in [-0.4, -0.2) is 76.1 Å². The quantitative estimate of drug-likeness (QED) is 0.437. The van der Waals surface area contributed by atoms with Gasteiger partial charge in [0.05, 0.1) is 18.0 Å². The molecule has 2 N–H and O–H groups in total.